The van der Waals surface area contributed by atoms with Crippen LogP contribution >= 0.6 is 0 Å². The predicted octanol–water partition coefficient (Wildman–Crippen LogP) is 25.5. The normalized spacial score (nSPS) is 12.2. The third kappa shape index (κ3) is 68.4. The van der Waals surface area contributed by atoms with E-state index in [1.807, 2.05) is 0 Å². The summed E-state index contributed by atoms with van der Waals surface area (Å²) in [5, 5.41) is 0. The van der Waals surface area contributed by atoms with Gasteiger partial charge in [0, 0.05) is 19.3 Å². The van der Waals surface area contributed by atoms with Gasteiger partial charge in [-0.05, 0) is 77.0 Å². The lowest BCUT2D eigenvalue weighted by molar-refractivity contribution is -0.167. The molecule has 482 valence electrons. The second kappa shape index (κ2) is 71.1. The van der Waals surface area contributed by atoms with E-state index in [4.69, 9.17) is 14.2 Å². The van der Waals surface area contributed by atoms with Crippen molar-refractivity contribution in [2.45, 2.75) is 419 Å². The van der Waals surface area contributed by atoms with Crippen molar-refractivity contribution in [2.24, 2.45) is 0 Å². The SMILES string of the molecule is CCCCCCC/C=C\C/C=C\CCCCCCCCCCCC(=O)OC(COC(=O)CCCCCCCCC/C=C\CCCCCCCCC)COC(=O)CCCCCCCCCCCCCCCCCCCCCCCCCCC. The number of allylic oxidation sites excluding steroid dienone is 6. The number of hydrogen-bond donors (Lipinski definition) is 0. The molecule has 0 amide bonds. The molecule has 0 N–H and O–H groups in total. The van der Waals surface area contributed by atoms with Crippen LogP contribution in [0.3, 0.4) is 0 Å². The van der Waals surface area contributed by atoms with E-state index in [0.29, 0.717) is 19.3 Å². The fourth-order valence-electron chi connectivity index (χ4n) is 11.3. The third-order valence-corrected chi connectivity index (χ3v) is 16.9. The van der Waals surface area contributed by atoms with Crippen LogP contribution in [0.1, 0.15) is 412 Å². The summed E-state index contributed by atoms with van der Waals surface area (Å²) in [6, 6.07) is 0. The fraction of sp³-hybridized carbons (Fsp3) is 0.882. The summed E-state index contributed by atoms with van der Waals surface area (Å²) in [5.41, 5.74) is 0. The van der Waals surface area contributed by atoms with Crippen molar-refractivity contribution >= 4 is 17.9 Å². The Hall–Kier alpha value is -2.37. The van der Waals surface area contributed by atoms with Gasteiger partial charge < -0.3 is 14.2 Å². The lowest BCUT2D eigenvalue weighted by atomic mass is 10.0. The van der Waals surface area contributed by atoms with E-state index in [1.165, 1.54) is 308 Å². The number of carbonyl (C=O) groups is 3. The Morgan fingerprint density at radius 2 is 0.439 bits per heavy atom. The smallest absolute Gasteiger partial charge is 0.306 e. The zero-order valence-corrected chi connectivity index (χ0v) is 55.5. The summed E-state index contributed by atoms with van der Waals surface area (Å²) in [6.45, 7) is 6.71. The predicted molar refractivity (Wildman–Crippen MR) is 358 cm³/mol. The number of esters is 3. The minimum atomic E-state index is -0.776. The molecular formula is C76H142O6. The van der Waals surface area contributed by atoms with Crippen molar-refractivity contribution in [3.05, 3.63) is 36.5 Å². The Labute approximate surface area is 512 Å². The monoisotopic (exact) mass is 1150 g/mol. The maximum absolute atomic E-state index is 13.0. The number of hydrogen-bond acceptors (Lipinski definition) is 6. The van der Waals surface area contributed by atoms with E-state index < -0.39 is 6.10 Å². The molecule has 0 aliphatic carbocycles. The van der Waals surface area contributed by atoms with Gasteiger partial charge >= 0.3 is 17.9 Å². The molecule has 1 unspecified atom stereocenters. The molecule has 1 atom stereocenters. The van der Waals surface area contributed by atoms with Crippen molar-refractivity contribution in [2.75, 3.05) is 13.2 Å². The Morgan fingerprint density at radius 1 is 0.244 bits per heavy atom. The molecule has 6 nitrogen and oxygen atoms in total. The Bertz CT molecular complexity index is 1370. The molecule has 0 fully saturated rings. The van der Waals surface area contributed by atoms with Gasteiger partial charge in [-0.2, -0.15) is 0 Å². The highest BCUT2D eigenvalue weighted by atomic mass is 16.6. The molecule has 0 aromatic heterocycles. The second-order valence-corrected chi connectivity index (χ2v) is 25.2. The van der Waals surface area contributed by atoms with Crippen LogP contribution in [0, 0.1) is 0 Å². The number of rotatable bonds is 69. The van der Waals surface area contributed by atoms with Crippen LogP contribution < -0.4 is 0 Å². The van der Waals surface area contributed by atoms with Crippen LogP contribution in [0.25, 0.3) is 0 Å². The van der Waals surface area contributed by atoms with Crippen LogP contribution in [0.15, 0.2) is 36.5 Å². The van der Waals surface area contributed by atoms with Crippen LogP contribution in [0.5, 0.6) is 0 Å². The Morgan fingerprint density at radius 3 is 0.683 bits per heavy atom. The molecule has 0 spiro atoms. The van der Waals surface area contributed by atoms with Crippen molar-refractivity contribution in [3.63, 3.8) is 0 Å². The molecule has 0 aliphatic rings. The minimum Gasteiger partial charge on any atom is -0.462 e. The van der Waals surface area contributed by atoms with Gasteiger partial charge in [0.1, 0.15) is 13.2 Å². The van der Waals surface area contributed by atoms with Gasteiger partial charge in [-0.15, -0.1) is 0 Å². The average molecular weight is 1150 g/mol. The lowest BCUT2D eigenvalue weighted by Crippen LogP contribution is -2.30. The minimum absolute atomic E-state index is 0.0702. The first-order valence-corrected chi connectivity index (χ1v) is 37.0. The van der Waals surface area contributed by atoms with Gasteiger partial charge in [0.2, 0.25) is 0 Å². The van der Waals surface area contributed by atoms with E-state index in [1.54, 1.807) is 0 Å². The standard InChI is InChI=1S/C76H142O6/c1-4-7-10-13-16-19-22-25-28-31-34-36-37-38-39-41-42-45-48-51-54-57-60-63-66-69-75(78)81-72-73(71-80-74(77)68-65-62-59-56-53-50-47-44-33-30-27-24-21-18-15-12-9-6-3)82-76(79)70-67-64-61-58-55-52-49-46-43-40-35-32-29-26-23-20-17-14-11-8-5-2/h23,26,30,32-33,35,73H,4-22,24-25,27-29,31,34,36-72H2,1-3H3/b26-23-,33-30-,35-32-. The van der Waals surface area contributed by atoms with Crippen LogP contribution in [0.2, 0.25) is 0 Å². The van der Waals surface area contributed by atoms with Crippen LogP contribution in [-0.4, -0.2) is 37.2 Å². The molecule has 0 aromatic carbocycles. The number of unbranched alkanes of at least 4 members (excludes halogenated alkanes) is 52. The van der Waals surface area contributed by atoms with Crippen LogP contribution in [-0.2, 0) is 28.6 Å². The molecule has 0 radical (unpaired) electrons. The molecule has 6 heteroatoms. The van der Waals surface area contributed by atoms with E-state index in [0.717, 1.165) is 64.2 Å². The molecule has 82 heavy (non-hydrogen) atoms. The van der Waals surface area contributed by atoms with Gasteiger partial charge in [0.15, 0.2) is 6.10 Å². The van der Waals surface area contributed by atoms with E-state index in [9.17, 15) is 14.4 Å². The molecular weight excluding hydrogens is 1010 g/mol. The largest absolute Gasteiger partial charge is 0.462 e. The maximum Gasteiger partial charge on any atom is 0.306 e. The highest BCUT2D eigenvalue weighted by Crippen LogP contribution is 2.19. The first-order valence-electron chi connectivity index (χ1n) is 37.0. The third-order valence-electron chi connectivity index (χ3n) is 16.9. The quantitative estimate of drug-likeness (QED) is 0.0261. The Balaban J connectivity index is 4.29. The van der Waals surface area contributed by atoms with Crippen molar-refractivity contribution in [3.8, 4) is 0 Å². The highest BCUT2D eigenvalue weighted by Gasteiger charge is 2.19. The number of ether oxygens (including phenoxy) is 3. The second-order valence-electron chi connectivity index (χ2n) is 25.2. The van der Waals surface area contributed by atoms with Crippen molar-refractivity contribution < 1.29 is 28.6 Å². The summed E-state index contributed by atoms with van der Waals surface area (Å²) >= 11 is 0. The topological polar surface area (TPSA) is 78.9 Å². The van der Waals surface area contributed by atoms with E-state index >= 15 is 0 Å². The van der Waals surface area contributed by atoms with Gasteiger partial charge in [-0.25, -0.2) is 0 Å². The molecule has 0 saturated carbocycles. The lowest BCUT2D eigenvalue weighted by Gasteiger charge is -2.18. The number of carbonyl (C=O) groups excluding carboxylic acids is 3. The molecule has 0 aliphatic heterocycles. The van der Waals surface area contributed by atoms with Gasteiger partial charge in [-0.1, -0.05) is 353 Å². The first-order chi connectivity index (χ1) is 40.5. The summed E-state index contributed by atoms with van der Waals surface area (Å²) in [6.07, 6.45) is 88.9. The van der Waals surface area contributed by atoms with Crippen LogP contribution in [0.4, 0.5) is 0 Å². The summed E-state index contributed by atoms with van der Waals surface area (Å²) in [5.74, 6) is -0.847. The molecule has 0 rings (SSSR count). The van der Waals surface area contributed by atoms with Gasteiger partial charge in [0.25, 0.3) is 0 Å². The van der Waals surface area contributed by atoms with Crippen molar-refractivity contribution in [1.82, 2.24) is 0 Å². The zero-order valence-electron chi connectivity index (χ0n) is 55.5. The Kier molecular flexibility index (Phi) is 69.1. The molecule has 0 bridgehead atoms. The van der Waals surface area contributed by atoms with E-state index in [-0.39, 0.29) is 31.1 Å². The highest BCUT2D eigenvalue weighted by molar-refractivity contribution is 5.71. The summed E-state index contributed by atoms with van der Waals surface area (Å²) in [7, 11) is 0. The molecule has 0 heterocycles. The molecule has 0 aromatic rings. The summed E-state index contributed by atoms with van der Waals surface area (Å²) in [4.78, 5) is 38.5. The average Bonchev–Trinajstić information content (AvgIpc) is 3.47. The van der Waals surface area contributed by atoms with Gasteiger partial charge in [0.05, 0.1) is 0 Å². The maximum atomic E-state index is 13.0. The fourth-order valence-corrected chi connectivity index (χ4v) is 11.3. The van der Waals surface area contributed by atoms with E-state index in [2.05, 4.69) is 57.2 Å². The first kappa shape index (κ1) is 79.6. The van der Waals surface area contributed by atoms with Crippen molar-refractivity contribution in [1.29, 1.82) is 0 Å². The molecule has 0 saturated heterocycles. The summed E-state index contributed by atoms with van der Waals surface area (Å²) < 4.78 is 17.0. The zero-order chi connectivity index (χ0) is 59.2. The van der Waals surface area contributed by atoms with Gasteiger partial charge in [-0.3, -0.25) is 14.4 Å².